The summed E-state index contributed by atoms with van der Waals surface area (Å²) in [4.78, 5) is 11.5. The van der Waals surface area contributed by atoms with Crippen LogP contribution in [0.3, 0.4) is 0 Å². The van der Waals surface area contributed by atoms with Crippen LogP contribution in [0.25, 0.3) is 0 Å². The van der Waals surface area contributed by atoms with Gasteiger partial charge in [-0.1, -0.05) is 20.8 Å². The topological polar surface area (TPSA) is 77.5 Å². The van der Waals surface area contributed by atoms with Gasteiger partial charge < -0.3 is 9.15 Å². The highest BCUT2D eigenvalue weighted by Gasteiger charge is 2.32. The van der Waals surface area contributed by atoms with Gasteiger partial charge in [-0.3, -0.25) is 10.2 Å². The lowest BCUT2D eigenvalue weighted by molar-refractivity contribution is -0.0369. The van der Waals surface area contributed by atoms with Gasteiger partial charge in [0.05, 0.1) is 6.10 Å². The Balaban J connectivity index is 1.95. The van der Waals surface area contributed by atoms with E-state index in [0.29, 0.717) is 23.7 Å². The molecule has 1 aromatic heterocycles. The molecular weight excluding hydrogens is 268 g/mol. The van der Waals surface area contributed by atoms with Crippen molar-refractivity contribution in [1.82, 2.24) is 5.43 Å². The van der Waals surface area contributed by atoms with Gasteiger partial charge in [-0.05, 0) is 43.6 Å². The third-order valence-corrected chi connectivity index (χ3v) is 4.11. The van der Waals surface area contributed by atoms with Crippen molar-refractivity contribution in [2.75, 3.05) is 0 Å². The third kappa shape index (κ3) is 4.08. The molecular formula is C16H26N2O3. The Morgan fingerprint density at radius 1 is 1.52 bits per heavy atom. The van der Waals surface area contributed by atoms with Crippen molar-refractivity contribution in [3.63, 3.8) is 0 Å². The lowest BCUT2D eigenvalue weighted by Gasteiger charge is -2.38. The minimum Gasteiger partial charge on any atom is -0.453 e. The van der Waals surface area contributed by atoms with Crippen LogP contribution in [0.5, 0.6) is 0 Å². The van der Waals surface area contributed by atoms with Crippen LogP contribution in [0.1, 0.15) is 61.9 Å². The highest BCUT2D eigenvalue weighted by Crippen LogP contribution is 2.39. The molecule has 1 aromatic rings. The van der Waals surface area contributed by atoms with Gasteiger partial charge in [0.1, 0.15) is 12.4 Å². The lowest BCUT2D eigenvalue weighted by atomic mass is 9.71. The SMILES string of the molecule is Cc1cc(COC2CC(C)CC(C)(C)C2)oc1C(=O)NN. The number of aryl methyl sites for hydroxylation is 1. The van der Waals surface area contributed by atoms with Crippen LogP contribution < -0.4 is 11.3 Å². The van der Waals surface area contributed by atoms with Crippen molar-refractivity contribution < 1.29 is 13.9 Å². The molecule has 21 heavy (non-hydrogen) atoms. The van der Waals surface area contributed by atoms with E-state index in [-0.39, 0.29) is 11.9 Å². The molecule has 0 radical (unpaired) electrons. The number of hydrogen-bond acceptors (Lipinski definition) is 4. The number of ether oxygens (including phenoxy) is 1. The average Bonchev–Trinajstić information content (AvgIpc) is 2.74. The maximum Gasteiger partial charge on any atom is 0.301 e. The smallest absolute Gasteiger partial charge is 0.301 e. The number of hydrazine groups is 1. The molecule has 3 N–H and O–H groups in total. The number of carbonyl (C=O) groups excluding carboxylic acids is 1. The van der Waals surface area contributed by atoms with E-state index in [4.69, 9.17) is 15.0 Å². The Bertz CT molecular complexity index is 508. The normalized spacial score (nSPS) is 24.8. The van der Waals surface area contributed by atoms with Crippen LogP contribution in [0.4, 0.5) is 0 Å². The van der Waals surface area contributed by atoms with Gasteiger partial charge >= 0.3 is 5.91 Å². The Labute approximate surface area is 126 Å². The first-order chi connectivity index (χ1) is 9.80. The molecule has 1 amide bonds. The highest BCUT2D eigenvalue weighted by atomic mass is 16.5. The predicted molar refractivity (Wildman–Crippen MR) is 80.5 cm³/mol. The molecule has 1 saturated carbocycles. The van der Waals surface area contributed by atoms with Crippen LogP contribution in [-0.2, 0) is 11.3 Å². The van der Waals surface area contributed by atoms with E-state index in [1.807, 2.05) is 13.0 Å². The molecule has 5 heteroatoms. The van der Waals surface area contributed by atoms with E-state index in [1.165, 1.54) is 6.42 Å². The molecule has 0 spiro atoms. The van der Waals surface area contributed by atoms with Crippen molar-refractivity contribution in [3.05, 3.63) is 23.2 Å². The second kappa shape index (κ2) is 6.20. The summed E-state index contributed by atoms with van der Waals surface area (Å²) in [5.74, 6) is 6.32. The average molecular weight is 294 g/mol. The van der Waals surface area contributed by atoms with Gasteiger partial charge in [0.15, 0.2) is 5.76 Å². The number of furan rings is 1. The molecule has 0 aromatic carbocycles. The van der Waals surface area contributed by atoms with Crippen molar-refractivity contribution in [2.45, 2.75) is 59.7 Å². The predicted octanol–water partition coefficient (Wildman–Crippen LogP) is 2.92. The molecule has 118 valence electrons. The fraction of sp³-hybridized carbons (Fsp3) is 0.688. The van der Waals surface area contributed by atoms with Gasteiger partial charge in [-0.2, -0.15) is 0 Å². The molecule has 5 nitrogen and oxygen atoms in total. The first-order valence-electron chi connectivity index (χ1n) is 7.52. The summed E-state index contributed by atoms with van der Waals surface area (Å²) in [5.41, 5.74) is 3.18. The Kier molecular flexibility index (Phi) is 4.74. The number of nitrogens with one attached hydrogen (secondary N) is 1. The zero-order valence-corrected chi connectivity index (χ0v) is 13.4. The molecule has 0 aliphatic heterocycles. The van der Waals surface area contributed by atoms with Crippen LogP contribution in [0.2, 0.25) is 0 Å². The van der Waals surface area contributed by atoms with Gasteiger partial charge in [0, 0.05) is 5.56 Å². The quantitative estimate of drug-likeness (QED) is 0.508. The Hall–Kier alpha value is -1.33. The largest absolute Gasteiger partial charge is 0.453 e. The Morgan fingerprint density at radius 2 is 2.24 bits per heavy atom. The second-order valence-corrected chi connectivity index (χ2v) is 7.04. The summed E-state index contributed by atoms with van der Waals surface area (Å²) < 4.78 is 11.5. The van der Waals surface area contributed by atoms with Crippen LogP contribution in [-0.4, -0.2) is 12.0 Å². The van der Waals surface area contributed by atoms with E-state index in [0.717, 1.165) is 18.4 Å². The summed E-state index contributed by atoms with van der Waals surface area (Å²) in [6, 6.07) is 1.84. The van der Waals surface area contributed by atoms with Gasteiger partial charge in [0.2, 0.25) is 0 Å². The number of rotatable bonds is 4. The standard InChI is InChI=1S/C16H26N2O3/c1-10-5-12(8-16(3,4)7-10)20-9-13-6-11(2)14(21-13)15(19)18-17/h6,10,12H,5,7-9,17H2,1-4H3,(H,18,19). The van der Waals surface area contributed by atoms with Crippen LogP contribution in [0, 0.1) is 18.3 Å². The number of nitrogen functional groups attached to an aromatic ring is 1. The molecule has 2 atom stereocenters. The van der Waals surface area contributed by atoms with Gasteiger partial charge in [0.25, 0.3) is 0 Å². The minimum absolute atomic E-state index is 0.251. The zero-order valence-electron chi connectivity index (χ0n) is 13.4. The maximum absolute atomic E-state index is 11.5. The van der Waals surface area contributed by atoms with Crippen molar-refractivity contribution in [2.24, 2.45) is 17.2 Å². The molecule has 1 heterocycles. The number of amides is 1. The number of nitrogens with two attached hydrogens (primary N) is 1. The van der Waals surface area contributed by atoms with Crippen LogP contribution in [0.15, 0.2) is 10.5 Å². The second-order valence-electron chi connectivity index (χ2n) is 7.04. The molecule has 0 saturated heterocycles. The summed E-state index contributed by atoms with van der Waals surface area (Å²) in [7, 11) is 0. The van der Waals surface area contributed by atoms with E-state index in [2.05, 4.69) is 26.2 Å². The zero-order chi connectivity index (χ0) is 15.6. The van der Waals surface area contributed by atoms with E-state index in [9.17, 15) is 4.79 Å². The third-order valence-electron chi connectivity index (χ3n) is 4.11. The summed E-state index contributed by atoms with van der Waals surface area (Å²) in [5, 5.41) is 0. The highest BCUT2D eigenvalue weighted by molar-refractivity contribution is 5.92. The monoisotopic (exact) mass is 294 g/mol. The molecule has 2 unspecified atom stereocenters. The molecule has 1 aliphatic carbocycles. The maximum atomic E-state index is 11.5. The van der Waals surface area contributed by atoms with Crippen molar-refractivity contribution in [1.29, 1.82) is 0 Å². The van der Waals surface area contributed by atoms with Crippen molar-refractivity contribution in [3.8, 4) is 0 Å². The fourth-order valence-electron chi connectivity index (χ4n) is 3.50. The molecule has 1 aliphatic rings. The van der Waals surface area contributed by atoms with Gasteiger partial charge in [-0.25, -0.2) is 5.84 Å². The van der Waals surface area contributed by atoms with Crippen LogP contribution >= 0.6 is 0 Å². The lowest BCUT2D eigenvalue weighted by Crippen LogP contribution is -2.32. The fourth-order valence-corrected chi connectivity index (χ4v) is 3.50. The summed E-state index contributed by atoms with van der Waals surface area (Å²) >= 11 is 0. The minimum atomic E-state index is -0.411. The van der Waals surface area contributed by atoms with E-state index in [1.54, 1.807) is 0 Å². The van der Waals surface area contributed by atoms with Crippen molar-refractivity contribution >= 4 is 5.91 Å². The summed E-state index contributed by atoms with van der Waals surface area (Å²) in [6.45, 7) is 9.08. The van der Waals surface area contributed by atoms with Gasteiger partial charge in [-0.15, -0.1) is 0 Å². The molecule has 2 rings (SSSR count). The van der Waals surface area contributed by atoms with E-state index < -0.39 is 5.91 Å². The molecule has 0 bridgehead atoms. The number of carbonyl (C=O) groups is 1. The summed E-state index contributed by atoms with van der Waals surface area (Å²) in [6.07, 6.45) is 3.64. The van der Waals surface area contributed by atoms with E-state index >= 15 is 0 Å². The first kappa shape index (κ1) is 16.0. The molecule has 1 fully saturated rings. The first-order valence-corrected chi connectivity index (χ1v) is 7.52. The number of hydrogen-bond donors (Lipinski definition) is 2. The Morgan fingerprint density at radius 3 is 2.86 bits per heavy atom.